The monoisotopic (exact) mass is 480 g/mol. The smallest absolute Gasteiger partial charge is 0.423 e. The first-order chi connectivity index (χ1) is 16.0. The number of benzene rings is 3. The predicted molar refractivity (Wildman–Crippen MR) is 110 cm³/mol. The summed E-state index contributed by atoms with van der Waals surface area (Å²) in [5, 5.41) is 0. The second-order valence-corrected chi connectivity index (χ2v) is 7.16. The van der Waals surface area contributed by atoms with Crippen molar-refractivity contribution < 1.29 is 40.3 Å². The first-order valence-electron chi connectivity index (χ1n) is 9.88. The molecule has 0 aliphatic rings. The lowest BCUT2D eigenvalue weighted by Crippen LogP contribution is -2.11. The van der Waals surface area contributed by atoms with Crippen molar-refractivity contribution in [2.24, 2.45) is 0 Å². The number of esters is 1. The zero-order chi connectivity index (χ0) is 25.0. The lowest BCUT2D eigenvalue weighted by Gasteiger charge is -2.10. The zero-order valence-electron chi connectivity index (χ0n) is 17.5. The molecular formula is C25H15F7O2. The molecule has 0 fully saturated rings. The van der Waals surface area contributed by atoms with Crippen LogP contribution < -0.4 is 4.74 Å². The fourth-order valence-electron chi connectivity index (χ4n) is 3.11. The van der Waals surface area contributed by atoms with Gasteiger partial charge in [-0.15, -0.1) is 0 Å². The number of halogens is 7. The fraction of sp³-hybridized carbons (Fsp3) is 0.160. The molecule has 9 heteroatoms. The van der Waals surface area contributed by atoms with Gasteiger partial charge in [0.05, 0.1) is 11.1 Å². The van der Waals surface area contributed by atoms with Gasteiger partial charge in [0.1, 0.15) is 29.0 Å². The van der Waals surface area contributed by atoms with Gasteiger partial charge in [0, 0.05) is 17.6 Å². The van der Waals surface area contributed by atoms with E-state index in [1.165, 1.54) is 18.1 Å². The van der Waals surface area contributed by atoms with Gasteiger partial charge in [-0.2, -0.15) is 13.2 Å². The quantitative estimate of drug-likeness (QED) is 0.170. The number of carbonyl (C=O) groups excluding carboxylic acids is 1. The second-order valence-electron chi connectivity index (χ2n) is 7.16. The second kappa shape index (κ2) is 10.00. The average Bonchev–Trinajstić information content (AvgIpc) is 2.72. The van der Waals surface area contributed by atoms with E-state index in [0.717, 1.165) is 30.5 Å². The van der Waals surface area contributed by atoms with Crippen LogP contribution in [-0.4, -0.2) is 12.1 Å². The van der Waals surface area contributed by atoms with E-state index < -0.39 is 41.0 Å². The van der Waals surface area contributed by atoms with Gasteiger partial charge in [-0.25, -0.2) is 22.4 Å². The summed E-state index contributed by atoms with van der Waals surface area (Å²) in [5.41, 5.74) is -1.41. The van der Waals surface area contributed by atoms with Crippen LogP contribution in [0, 0.1) is 35.1 Å². The van der Waals surface area contributed by atoms with Gasteiger partial charge >= 0.3 is 12.1 Å². The van der Waals surface area contributed by atoms with E-state index in [1.807, 2.05) is 6.92 Å². The summed E-state index contributed by atoms with van der Waals surface area (Å²) < 4.78 is 98.6. The van der Waals surface area contributed by atoms with Crippen molar-refractivity contribution in [2.75, 3.05) is 0 Å². The minimum atomic E-state index is -4.95. The van der Waals surface area contributed by atoms with Crippen molar-refractivity contribution in [3.05, 3.63) is 88.5 Å². The summed E-state index contributed by atoms with van der Waals surface area (Å²) >= 11 is 0. The Morgan fingerprint density at radius 2 is 1.56 bits per heavy atom. The summed E-state index contributed by atoms with van der Waals surface area (Å²) in [6.07, 6.45) is -3.54. The highest BCUT2D eigenvalue weighted by Crippen LogP contribution is 2.29. The first-order valence-corrected chi connectivity index (χ1v) is 9.88. The Morgan fingerprint density at radius 1 is 0.882 bits per heavy atom. The lowest BCUT2D eigenvalue weighted by molar-refractivity contribution is -0.0696. The third-order valence-corrected chi connectivity index (χ3v) is 4.63. The largest absolute Gasteiger partial charge is 0.458 e. The van der Waals surface area contributed by atoms with Crippen LogP contribution in [0.15, 0.2) is 48.5 Å². The molecule has 0 radical (unpaired) electrons. The molecule has 0 unspecified atom stereocenters. The van der Waals surface area contributed by atoms with Crippen molar-refractivity contribution in [3.8, 4) is 28.7 Å². The molecule has 0 atom stereocenters. The van der Waals surface area contributed by atoms with E-state index in [0.29, 0.717) is 24.1 Å². The highest BCUT2D eigenvalue weighted by atomic mass is 19.4. The zero-order valence-corrected chi connectivity index (χ0v) is 17.5. The minimum absolute atomic E-state index is 0.295. The summed E-state index contributed by atoms with van der Waals surface area (Å²) in [7, 11) is 0. The number of hydrogen-bond donors (Lipinski definition) is 0. The van der Waals surface area contributed by atoms with Crippen LogP contribution in [0.1, 0.15) is 34.8 Å². The Labute approximate surface area is 190 Å². The SMILES string of the molecule is CCCc1ccc(C(=O)Oc2ccc(-c3cc(F)c(C#CC(F)(F)F)c(F)c3)c(F)c2)c(F)c1. The number of rotatable bonds is 5. The molecular weight excluding hydrogens is 465 g/mol. The highest BCUT2D eigenvalue weighted by Gasteiger charge is 2.24. The molecule has 3 aromatic rings. The van der Waals surface area contributed by atoms with Gasteiger partial charge in [0.15, 0.2) is 0 Å². The molecule has 0 N–H and O–H groups in total. The van der Waals surface area contributed by atoms with Crippen LogP contribution in [0.2, 0.25) is 0 Å². The van der Waals surface area contributed by atoms with Crippen LogP contribution in [0.3, 0.4) is 0 Å². The van der Waals surface area contributed by atoms with Crippen LogP contribution in [-0.2, 0) is 6.42 Å². The molecule has 0 heterocycles. The van der Waals surface area contributed by atoms with Crippen LogP contribution >= 0.6 is 0 Å². The number of aryl methyl sites for hydroxylation is 1. The van der Waals surface area contributed by atoms with E-state index in [1.54, 1.807) is 6.07 Å². The molecule has 2 nitrogen and oxygen atoms in total. The molecule has 0 aromatic heterocycles. The number of ether oxygens (including phenoxy) is 1. The predicted octanol–water partition coefficient (Wildman–Crippen LogP) is 7.00. The maximum atomic E-state index is 14.6. The normalized spacial score (nSPS) is 11.1. The molecule has 0 bridgehead atoms. The van der Waals surface area contributed by atoms with Gasteiger partial charge in [0.2, 0.25) is 0 Å². The summed E-state index contributed by atoms with van der Waals surface area (Å²) in [5.74, 6) is -3.90. The fourth-order valence-corrected chi connectivity index (χ4v) is 3.11. The Kier molecular flexibility index (Phi) is 7.30. The Balaban J connectivity index is 1.84. The molecule has 0 aliphatic carbocycles. The van der Waals surface area contributed by atoms with Gasteiger partial charge in [-0.3, -0.25) is 0 Å². The minimum Gasteiger partial charge on any atom is -0.423 e. The molecule has 0 aliphatic heterocycles. The van der Waals surface area contributed by atoms with Crippen molar-refractivity contribution >= 4 is 5.97 Å². The highest BCUT2D eigenvalue weighted by molar-refractivity contribution is 5.91. The van der Waals surface area contributed by atoms with Gasteiger partial charge in [0.25, 0.3) is 0 Å². The molecule has 3 rings (SSSR count). The summed E-state index contributed by atoms with van der Waals surface area (Å²) in [4.78, 5) is 12.3. The average molecular weight is 480 g/mol. The molecule has 0 spiro atoms. The van der Waals surface area contributed by atoms with Crippen molar-refractivity contribution in [1.82, 2.24) is 0 Å². The third kappa shape index (κ3) is 5.95. The van der Waals surface area contributed by atoms with E-state index in [2.05, 4.69) is 0 Å². The summed E-state index contributed by atoms with van der Waals surface area (Å²) in [6.45, 7) is 1.91. The van der Waals surface area contributed by atoms with Crippen molar-refractivity contribution in [2.45, 2.75) is 25.9 Å². The Hall–Kier alpha value is -3.80. The maximum absolute atomic E-state index is 14.6. The van der Waals surface area contributed by atoms with Crippen molar-refractivity contribution in [3.63, 3.8) is 0 Å². The van der Waals surface area contributed by atoms with E-state index in [4.69, 9.17) is 4.74 Å². The van der Waals surface area contributed by atoms with Gasteiger partial charge in [-0.05, 0) is 53.9 Å². The Morgan fingerprint density at radius 3 is 2.12 bits per heavy atom. The molecule has 0 saturated carbocycles. The van der Waals surface area contributed by atoms with Crippen molar-refractivity contribution in [1.29, 1.82) is 0 Å². The van der Waals surface area contributed by atoms with Crippen LogP contribution in [0.4, 0.5) is 30.7 Å². The number of hydrogen-bond acceptors (Lipinski definition) is 2. The summed E-state index contributed by atoms with van der Waals surface area (Å²) in [6, 6.07) is 8.20. The maximum Gasteiger partial charge on any atom is 0.458 e. The molecule has 0 saturated heterocycles. The molecule has 3 aromatic carbocycles. The van der Waals surface area contributed by atoms with Crippen LogP contribution in [0.5, 0.6) is 5.75 Å². The van der Waals surface area contributed by atoms with Crippen LogP contribution in [0.25, 0.3) is 11.1 Å². The third-order valence-electron chi connectivity index (χ3n) is 4.63. The van der Waals surface area contributed by atoms with E-state index in [9.17, 15) is 35.5 Å². The Bertz CT molecular complexity index is 1280. The first kappa shape index (κ1) is 24.8. The number of carbonyl (C=O) groups is 1. The lowest BCUT2D eigenvalue weighted by atomic mass is 10.0. The van der Waals surface area contributed by atoms with Gasteiger partial charge < -0.3 is 4.74 Å². The topological polar surface area (TPSA) is 26.3 Å². The molecule has 0 amide bonds. The van der Waals surface area contributed by atoms with E-state index in [-0.39, 0.29) is 22.4 Å². The standard InChI is InChI=1S/C25H15F7O2/c1-2-3-14-4-6-19(20(26)10-14)24(33)34-16-5-7-17(23(29)13-16)15-11-21(27)18(22(28)12-15)8-9-25(30,31)32/h4-7,10-13H,2-3H2,1H3. The van der Waals surface area contributed by atoms with Gasteiger partial charge in [-0.1, -0.05) is 25.3 Å². The van der Waals surface area contributed by atoms with E-state index >= 15 is 0 Å². The molecule has 34 heavy (non-hydrogen) atoms. The molecule has 176 valence electrons. The number of alkyl halides is 3.